The smallest absolute Gasteiger partial charge is 0.225 e. The normalized spacial score (nSPS) is 10.6. The SMILES string of the molecule is Fc1ccccc1CCNc1nc(NCc2cccnc2)cc(-c2ccccc2)n1. The Balaban J connectivity index is 1.51. The second-order valence-electron chi connectivity index (χ2n) is 6.81. The van der Waals surface area contributed by atoms with Crippen LogP contribution in [0.4, 0.5) is 16.2 Å². The van der Waals surface area contributed by atoms with Crippen molar-refractivity contribution in [3.05, 3.63) is 102 Å². The van der Waals surface area contributed by atoms with Crippen LogP contribution < -0.4 is 10.6 Å². The number of pyridine rings is 1. The average Bonchev–Trinajstić information content (AvgIpc) is 2.80. The van der Waals surface area contributed by atoms with Gasteiger partial charge in [0.15, 0.2) is 0 Å². The predicted molar refractivity (Wildman–Crippen MR) is 118 cm³/mol. The van der Waals surface area contributed by atoms with Crippen molar-refractivity contribution < 1.29 is 4.39 Å². The fourth-order valence-corrected chi connectivity index (χ4v) is 3.08. The van der Waals surface area contributed by atoms with E-state index in [4.69, 9.17) is 0 Å². The van der Waals surface area contributed by atoms with Gasteiger partial charge in [-0.2, -0.15) is 4.98 Å². The van der Waals surface area contributed by atoms with E-state index >= 15 is 0 Å². The Morgan fingerprint density at radius 1 is 0.833 bits per heavy atom. The van der Waals surface area contributed by atoms with Gasteiger partial charge in [-0.05, 0) is 29.7 Å². The summed E-state index contributed by atoms with van der Waals surface area (Å²) in [5.74, 6) is 1.01. The standard InChI is InChI=1S/C24H22FN5/c25-21-11-5-4-8-19(21)12-14-27-24-29-22(20-9-2-1-3-10-20)15-23(30-24)28-17-18-7-6-13-26-16-18/h1-11,13,15-16H,12,14,17H2,(H2,27,28,29,30). The first kappa shape index (κ1) is 19.5. The molecule has 5 nitrogen and oxygen atoms in total. The molecule has 0 aliphatic heterocycles. The van der Waals surface area contributed by atoms with Crippen molar-refractivity contribution in [3.8, 4) is 11.3 Å². The lowest BCUT2D eigenvalue weighted by molar-refractivity contribution is 0.610. The predicted octanol–water partition coefficient (Wildman–Crippen LogP) is 4.94. The van der Waals surface area contributed by atoms with Crippen LogP contribution >= 0.6 is 0 Å². The van der Waals surface area contributed by atoms with Gasteiger partial charge in [0.1, 0.15) is 11.6 Å². The summed E-state index contributed by atoms with van der Waals surface area (Å²) in [7, 11) is 0. The Bertz CT molecular complexity index is 1090. The van der Waals surface area contributed by atoms with Gasteiger partial charge in [0.2, 0.25) is 5.95 Å². The Morgan fingerprint density at radius 2 is 1.67 bits per heavy atom. The van der Waals surface area contributed by atoms with E-state index in [9.17, 15) is 4.39 Å². The van der Waals surface area contributed by atoms with Crippen LogP contribution in [-0.4, -0.2) is 21.5 Å². The molecule has 2 N–H and O–H groups in total. The second kappa shape index (κ2) is 9.60. The van der Waals surface area contributed by atoms with Crippen molar-refractivity contribution in [2.75, 3.05) is 17.2 Å². The molecule has 0 spiro atoms. The summed E-state index contributed by atoms with van der Waals surface area (Å²) in [6, 6.07) is 22.6. The molecule has 2 aromatic heterocycles. The molecule has 0 aliphatic carbocycles. The number of halogens is 1. The second-order valence-corrected chi connectivity index (χ2v) is 6.81. The molecular formula is C24H22FN5. The third-order valence-electron chi connectivity index (χ3n) is 4.63. The molecular weight excluding hydrogens is 377 g/mol. The molecule has 30 heavy (non-hydrogen) atoms. The lowest BCUT2D eigenvalue weighted by Gasteiger charge is -2.12. The lowest BCUT2D eigenvalue weighted by atomic mass is 10.1. The van der Waals surface area contributed by atoms with E-state index in [1.54, 1.807) is 18.3 Å². The number of benzene rings is 2. The summed E-state index contributed by atoms with van der Waals surface area (Å²) in [5.41, 5.74) is 3.54. The maximum Gasteiger partial charge on any atom is 0.225 e. The van der Waals surface area contributed by atoms with Gasteiger partial charge in [0.05, 0.1) is 5.69 Å². The molecule has 0 aliphatic rings. The minimum Gasteiger partial charge on any atom is -0.366 e. The molecule has 2 heterocycles. The Morgan fingerprint density at radius 3 is 2.47 bits per heavy atom. The first-order valence-electron chi connectivity index (χ1n) is 9.82. The number of anilines is 2. The third kappa shape index (κ3) is 5.17. The van der Waals surface area contributed by atoms with Gasteiger partial charge in [0, 0.05) is 37.1 Å². The lowest BCUT2D eigenvalue weighted by Crippen LogP contribution is -2.11. The van der Waals surface area contributed by atoms with E-state index in [0.29, 0.717) is 36.8 Å². The molecule has 6 heteroatoms. The molecule has 4 rings (SSSR count). The van der Waals surface area contributed by atoms with Gasteiger partial charge in [-0.1, -0.05) is 54.6 Å². The monoisotopic (exact) mass is 399 g/mol. The summed E-state index contributed by atoms with van der Waals surface area (Å²) in [6.07, 6.45) is 4.11. The fraction of sp³-hybridized carbons (Fsp3) is 0.125. The topological polar surface area (TPSA) is 62.7 Å². The van der Waals surface area contributed by atoms with Gasteiger partial charge >= 0.3 is 0 Å². The number of nitrogens with one attached hydrogen (secondary N) is 2. The van der Waals surface area contributed by atoms with Crippen LogP contribution in [0, 0.1) is 5.82 Å². The molecule has 0 fully saturated rings. The summed E-state index contributed by atoms with van der Waals surface area (Å²) in [4.78, 5) is 13.4. The van der Waals surface area contributed by atoms with Crippen LogP contribution in [0.2, 0.25) is 0 Å². The van der Waals surface area contributed by atoms with E-state index in [-0.39, 0.29) is 5.82 Å². The number of hydrogen-bond donors (Lipinski definition) is 2. The summed E-state index contributed by atoms with van der Waals surface area (Å²) >= 11 is 0. The van der Waals surface area contributed by atoms with E-state index in [2.05, 4.69) is 25.6 Å². The highest BCUT2D eigenvalue weighted by atomic mass is 19.1. The van der Waals surface area contributed by atoms with Crippen molar-refractivity contribution in [1.82, 2.24) is 15.0 Å². The number of hydrogen-bond acceptors (Lipinski definition) is 5. The number of rotatable bonds is 8. The maximum absolute atomic E-state index is 13.9. The summed E-state index contributed by atoms with van der Waals surface area (Å²) < 4.78 is 13.9. The van der Waals surface area contributed by atoms with Crippen LogP contribution in [0.3, 0.4) is 0 Å². The molecule has 150 valence electrons. The van der Waals surface area contributed by atoms with E-state index in [0.717, 1.165) is 16.8 Å². The molecule has 0 amide bonds. The molecule has 0 radical (unpaired) electrons. The highest BCUT2D eigenvalue weighted by molar-refractivity contribution is 5.64. The largest absolute Gasteiger partial charge is 0.366 e. The van der Waals surface area contributed by atoms with E-state index < -0.39 is 0 Å². The molecule has 0 saturated heterocycles. The maximum atomic E-state index is 13.9. The summed E-state index contributed by atoms with van der Waals surface area (Å²) in [6.45, 7) is 1.13. The zero-order valence-corrected chi connectivity index (χ0v) is 16.4. The molecule has 4 aromatic rings. The van der Waals surface area contributed by atoms with Gasteiger partial charge in [-0.25, -0.2) is 9.37 Å². The number of aromatic nitrogens is 3. The van der Waals surface area contributed by atoms with Gasteiger partial charge in [0.25, 0.3) is 0 Å². The first-order valence-corrected chi connectivity index (χ1v) is 9.82. The van der Waals surface area contributed by atoms with Crippen molar-refractivity contribution in [3.63, 3.8) is 0 Å². The van der Waals surface area contributed by atoms with E-state index in [1.807, 2.05) is 60.8 Å². The fourth-order valence-electron chi connectivity index (χ4n) is 3.08. The van der Waals surface area contributed by atoms with Crippen LogP contribution in [0.25, 0.3) is 11.3 Å². The third-order valence-corrected chi connectivity index (χ3v) is 4.63. The Hall–Kier alpha value is -3.80. The van der Waals surface area contributed by atoms with Crippen molar-refractivity contribution in [1.29, 1.82) is 0 Å². The zero-order valence-electron chi connectivity index (χ0n) is 16.4. The van der Waals surface area contributed by atoms with Crippen molar-refractivity contribution >= 4 is 11.8 Å². The van der Waals surface area contributed by atoms with Gasteiger partial charge in [-0.3, -0.25) is 4.98 Å². The van der Waals surface area contributed by atoms with E-state index in [1.165, 1.54) is 6.07 Å². The van der Waals surface area contributed by atoms with Crippen molar-refractivity contribution in [2.24, 2.45) is 0 Å². The van der Waals surface area contributed by atoms with Gasteiger partial charge < -0.3 is 10.6 Å². The Labute approximate surface area is 175 Å². The molecule has 2 aromatic carbocycles. The van der Waals surface area contributed by atoms with Crippen LogP contribution in [-0.2, 0) is 13.0 Å². The summed E-state index contributed by atoms with van der Waals surface area (Å²) in [5, 5.41) is 6.57. The minimum atomic E-state index is -0.197. The molecule has 0 saturated carbocycles. The minimum absolute atomic E-state index is 0.197. The first-order chi connectivity index (χ1) is 14.8. The van der Waals surface area contributed by atoms with Crippen LogP contribution in [0.15, 0.2) is 85.2 Å². The van der Waals surface area contributed by atoms with Gasteiger partial charge in [-0.15, -0.1) is 0 Å². The van der Waals surface area contributed by atoms with Crippen LogP contribution in [0.1, 0.15) is 11.1 Å². The quantitative estimate of drug-likeness (QED) is 0.439. The average molecular weight is 399 g/mol. The molecule has 0 unspecified atom stereocenters. The molecule has 0 atom stereocenters. The highest BCUT2D eigenvalue weighted by Crippen LogP contribution is 2.21. The highest BCUT2D eigenvalue weighted by Gasteiger charge is 2.08. The molecule has 0 bridgehead atoms. The Kier molecular flexibility index (Phi) is 6.25. The number of nitrogens with zero attached hydrogens (tertiary/aromatic N) is 3. The van der Waals surface area contributed by atoms with Crippen molar-refractivity contribution in [2.45, 2.75) is 13.0 Å². The van der Waals surface area contributed by atoms with Crippen LogP contribution in [0.5, 0.6) is 0 Å². The zero-order chi connectivity index (χ0) is 20.6.